The minimum Gasteiger partial charge on any atom is -0.207 e. The molecule has 0 amide bonds. The van der Waals surface area contributed by atoms with Gasteiger partial charge in [0.05, 0.1) is 15.5 Å². The van der Waals surface area contributed by atoms with Crippen molar-refractivity contribution in [1.29, 1.82) is 5.26 Å². The molecule has 6 heteroatoms. The highest BCUT2D eigenvalue weighted by Crippen LogP contribution is 2.24. The first-order valence-electron chi connectivity index (χ1n) is 6.41. The highest BCUT2D eigenvalue weighted by Gasteiger charge is 2.28. The van der Waals surface area contributed by atoms with E-state index in [1.165, 1.54) is 22.5 Å². The molecule has 0 spiro atoms. The molecule has 0 aliphatic rings. The molecular formula is C14H19ClN2O2S. The number of sulfonamides is 1. The molecule has 0 bridgehead atoms. The minimum absolute atomic E-state index is 0.121. The standard InChI is InChI=1S/C14H19ClN2O2S/c1-10(2)9-17(11(3)4)20(18,19)13-6-5-12(8-16)14(15)7-13/h5-7,10-11H,9H2,1-4H3. The van der Waals surface area contributed by atoms with E-state index in [1.54, 1.807) is 0 Å². The Hall–Kier alpha value is -1.09. The second-order valence-corrected chi connectivity index (χ2v) is 7.61. The lowest BCUT2D eigenvalue weighted by Crippen LogP contribution is -2.39. The van der Waals surface area contributed by atoms with Crippen molar-refractivity contribution in [3.05, 3.63) is 28.8 Å². The summed E-state index contributed by atoms with van der Waals surface area (Å²) in [5.74, 6) is 0.223. The molecule has 0 aromatic heterocycles. The van der Waals surface area contributed by atoms with Gasteiger partial charge in [-0.05, 0) is 38.0 Å². The third-order valence-electron chi connectivity index (χ3n) is 2.79. The van der Waals surface area contributed by atoms with Crippen LogP contribution in [-0.4, -0.2) is 25.3 Å². The lowest BCUT2D eigenvalue weighted by atomic mass is 10.2. The largest absolute Gasteiger partial charge is 0.243 e. The van der Waals surface area contributed by atoms with Crippen LogP contribution in [0, 0.1) is 17.2 Å². The van der Waals surface area contributed by atoms with Gasteiger partial charge in [-0.1, -0.05) is 25.4 Å². The molecule has 0 atom stereocenters. The Morgan fingerprint density at radius 3 is 2.30 bits per heavy atom. The first kappa shape index (κ1) is 17.0. The fourth-order valence-corrected chi connectivity index (χ4v) is 3.94. The van der Waals surface area contributed by atoms with Crippen molar-refractivity contribution in [2.24, 2.45) is 5.92 Å². The molecule has 1 aromatic carbocycles. The van der Waals surface area contributed by atoms with Crippen LogP contribution in [0.5, 0.6) is 0 Å². The molecule has 0 aliphatic carbocycles. The van der Waals surface area contributed by atoms with Crippen LogP contribution in [0.2, 0.25) is 5.02 Å². The van der Waals surface area contributed by atoms with E-state index in [0.717, 1.165) is 0 Å². The fourth-order valence-electron chi connectivity index (χ4n) is 1.83. The average Bonchev–Trinajstić information content (AvgIpc) is 2.35. The number of nitrogens with zero attached hydrogens (tertiary/aromatic N) is 2. The Kier molecular flexibility index (Phi) is 5.58. The lowest BCUT2D eigenvalue weighted by Gasteiger charge is -2.27. The third kappa shape index (κ3) is 3.72. The number of hydrogen-bond acceptors (Lipinski definition) is 3. The van der Waals surface area contributed by atoms with E-state index in [-0.39, 0.29) is 27.4 Å². The van der Waals surface area contributed by atoms with Gasteiger partial charge in [-0.2, -0.15) is 9.57 Å². The normalized spacial score (nSPS) is 12.2. The van der Waals surface area contributed by atoms with Crippen LogP contribution in [0.15, 0.2) is 23.1 Å². The third-order valence-corrected chi connectivity index (χ3v) is 5.14. The van der Waals surface area contributed by atoms with E-state index < -0.39 is 10.0 Å². The Morgan fingerprint density at radius 2 is 1.90 bits per heavy atom. The van der Waals surface area contributed by atoms with Gasteiger partial charge in [0.15, 0.2) is 0 Å². The summed E-state index contributed by atoms with van der Waals surface area (Å²) in [6.45, 7) is 8.06. The highest BCUT2D eigenvalue weighted by molar-refractivity contribution is 7.89. The average molecular weight is 315 g/mol. The summed E-state index contributed by atoms with van der Waals surface area (Å²) in [6.07, 6.45) is 0. The second-order valence-electron chi connectivity index (χ2n) is 5.32. The molecule has 110 valence electrons. The summed E-state index contributed by atoms with van der Waals surface area (Å²) in [7, 11) is -3.60. The number of hydrogen-bond donors (Lipinski definition) is 0. The van der Waals surface area contributed by atoms with Crippen molar-refractivity contribution >= 4 is 21.6 Å². The van der Waals surface area contributed by atoms with Crippen LogP contribution in [0.25, 0.3) is 0 Å². The van der Waals surface area contributed by atoms with Gasteiger partial charge in [-0.25, -0.2) is 8.42 Å². The van der Waals surface area contributed by atoms with Gasteiger partial charge in [0, 0.05) is 12.6 Å². The second kappa shape index (κ2) is 6.57. The number of rotatable bonds is 5. The first-order valence-corrected chi connectivity index (χ1v) is 8.23. The summed E-state index contributed by atoms with van der Waals surface area (Å²) >= 11 is 5.92. The zero-order chi connectivity index (χ0) is 15.5. The van der Waals surface area contributed by atoms with Gasteiger partial charge in [0.1, 0.15) is 6.07 Å². The van der Waals surface area contributed by atoms with Crippen LogP contribution < -0.4 is 0 Å². The summed E-state index contributed by atoms with van der Waals surface area (Å²) in [5.41, 5.74) is 0.269. The Balaban J connectivity index is 3.27. The summed E-state index contributed by atoms with van der Waals surface area (Å²) in [4.78, 5) is 0.121. The Labute approximate surface area is 126 Å². The fraction of sp³-hybridized carbons (Fsp3) is 0.500. The Bertz CT molecular complexity index is 619. The topological polar surface area (TPSA) is 61.2 Å². The van der Waals surface area contributed by atoms with E-state index in [2.05, 4.69) is 0 Å². The number of halogens is 1. The Morgan fingerprint density at radius 1 is 1.30 bits per heavy atom. The summed E-state index contributed by atoms with van der Waals surface area (Å²) in [6, 6.07) is 5.97. The maximum atomic E-state index is 12.6. The van der Waals surface area contributed by atoms with Crippen molar-refractivity contribution in [3.8, 4) is 6.07 Å². The molecule has 0 heterocycles. The zero-order valence-electron chi connectivity index (χ0n) is 12.1. The van der Waals surface area contributed by atoms with E-state index in [1.807, 2.05) is 33.8 Å². The van der Waals surface area contributed by atoms with Gasteiger partial charge in [0.2, 0.25) is 10.0 Å². The smallest absolute Gasteiger partial charge is 0.207 e. The molecule has 0 N–H and O–H groups in total. The SMILES string of the molecule is CC(C)CN(C(C)C)S(=O)(=O)c1ccc(C#N)c(Cl)c1. The number of benzene rings is 1. The van der Waals surface area contributed by atoms with Crippen LogP contribution in [0.1, 0.15) is 33.3 Å². The van der Waals surface area contributed by atoms with Crippen LogP contribution in [-0.2, 0) is 10.0 Å². The monoisotopic (exact) mass is 314 g/mol. The molecule has 0 saturated heterocycles. The maximum Gasteiger partial charge on any atom is 0.243 e. The van der Waals surface area contributed by atoms with Crippen molar-refractivity contribution < 1.29 is 8.42 Å². The van der Waals surface area contributed by atoms with Crippen LogP contribution in [0.3, 0.4) is 0 Å². The molecule has 20 heavy (non-hydrogen) atoms. The van der Waals surface area contributed by atoms with Gasteiger partial charge in [-0.3, -0.25) is 0 Å². The van der Waals surface area contributed by atoms with Gasteiger partial charge in [-0.15, -0.1) is 0 Å². The van der Waals surface area contributed by atoms with Crippen molar-refractivity contribution in [1.82, 2.24) is 4.31 Å². The van der Waals surface area contributed by atoms with E-state index in [0.29, 0.717) is 6.54 Å². The molecule has 0 unspecified atom stereocenters. The van der Waals surface area contributed by atoms with Gasteiger partial charge in [0.25, 0.3) is 0 Å². The van der Waals surface area contributed by atoms with Gasteiger partial charge >= 0.3 is 0 Å². The molecule has 0 aliphatic heterocycles. The predicted octanol–water partition coefficient (Wildman–Crippen LogP) is 3.27. The van der Waals surface area contributed by atoms with E-state index in [4.69, 9.17) is 16.9 Å². The van der Waals surface area contributed by atoms with Crippen molar-refractivity contribution in [2.45, 2.75) is 38.6 Å². The molecule has 4 nitrogen and oxygen atoms in total. The number of nitriles is 1. The van der Waals surface area contributed by atoms with Gasteiger partial charge < -0.3 is 0 Å². The summed E-state index contributed by atoms with van der Waals surface area (Å²) < 4.78 is 26.7. The molecule has 0 saturated carbocycles. The first-order chi connectivity index (χ1) is 9.20. The predicted molar refractivity (Wildman–Crippen MR) is 80.0 cm³/mol. The summed E-state index contributed by atoms with van der Waals surface area (Å²) in [5, 5.41) is 8.99. The zero-order valence-corrected chi connectivity index (χ0v) is 13.7. The van der Waals surface area contributed by atoms with Crippen LogP contribution in [0.4, 0.5) is 0 Å². The lowest BCUT2D eigenvalue weighted by molar-refractivity contribution is 0.319. The molecule has 0 radical (unpaired) electrons. The quantitative estimate of drug-likeness (QED) is 0.838. The van der Waals surface area contributed by atoms with Crippen LogP contribution >= 0.6 is 11.6 Å². The molecule has 1 aromatic rings. The maximum absolute atomic E-state index is 12.6. The minimum atomic E-state index is -3.60. The van der Waals surface area contributed by atoms with Crippen molar-refractivity contribution in [2.75, 3.05) is 6.54 Å². The molecule has 1 rings (SSSR count). The van der Waals surface area contributed by atoms with E-state index >= 15 is 0 Å². The highest BCUT2D eigenvalue weighted by atomic mass is 35.5. The molecule has 0 fully saturated rings. The molecular weight excluding hydrogens is 296 g/mol. The van der Waals surface area contributed by atoms with Crippen molar-refractivity contribution in [3.63, 3.8) is 0 Å². The van der Waals surface area contributed by atoms with E-state index in [9.17, 15) is 8.42 Å².